The predicted molar refractivity (Wildman–Crippen MR) is 54.3 cm³/mol. The van der Waals surface area contributed by atoms with Gasteiger partial charge in [-0.2, -0.15) is 0 Å². The van der Waals surface area contributed by atoms with E-state index < -0.39 is 0 Å². The average Bonchev–Trinajstić information content (AvgIpc) is 2.08. The number of rotatable bonds is 2. The number of hydrogen-bond acceptors (Lipinski definition) is 2. The van der Waals surface area contributed by atoms with Crippen molar-refractivity contribution in [1.29, 1.82) is 0 Å². The molecule has 0 amide bonds. The van der Waals surface area contributed by atoms with Crippen LogP contribution in [0, 0.1) is 0 Å². The Morgan fingerprint density at radius 2 is 1.92 bits per heavy atom. The van der Waals surface area contributed by atoms with Crippen LogP contribution in [0.3, 0.4) is 0 Å². The van der Waals surface area contributed by atoms with Gasteiger partial charge in [-0.25, -0.2) is 0 Å². The van der Waals surface area contributed by atoms with Gasteiger partial charge >= 0.3 is 0 Å². The van der Waals surface area contributed by atoms with Crippen molar-refractivity contribution >= 4 is 31.9 Å². The van der Waals surface area contributed by atoms with Crippen molar-refractivity contribution in [3.8, 4) is 5.75 Å². The Balaban J connectivity index is 3.28. The third kappa shape index (κ3) is 1.81. The Kier molecular flexibility index (Phi) is 3.55. The van der Waals surface area contributed by atoms with Gasteiger partial charge in [-0.3, -0.25) is 0 Å². The highest BCUT2D eigenvalue weighted by molar-refractivity contribution is 9.11. The van der Waals surface area contributed by atoms with Gasteiger partial charge in [-0.05, 0) is 28.1 Å². The lowest BCUT2D eigenvalue weighted by atomic mass is 10.2. The smallest absolute Gasteiger partial charge is 0.139 e. The predicted octanol–water partition coefficient (Wildman–Crippen LogP) is 2.71. The molecule has 12 heavy (non-hydrogen) atoms. The molecule has 0 radical (unpaired) electrons. The second-order valence-electron chi connectivity index (χ2n) is 2.20. The molecule has 0 spiro atoms. The Hall–Kier alpha value is -0.0600. The molecule has 0 saturated heterocycles. The highest BCUT2D eigenvalue weighted by atomic mass is 79.9. The van der Waals surface area contributed by atoms with Gasteiger partial charge in [0, 0.05) is 10.0 Å². The Morgan fingerprint density at radius 1 is 1.33 bits per heavy atom. The number of halogens is 2. The van der Waals surface area contributed by atoms with Crippen molar-refractivity contribution in [3.63, 3.8) is 0 Å². The van der Waals surface area contributed by atoms with Crippen molar-refractivity contribution in [2.75, 3.05) is 7.11 Å². The molecule has 0 atom stereocenters. The first-order valence-corrected chi connectivity index (χ1v) is 4.91. The van der Waals surface area contributed by atoms with E-state index >= 15 is 0 Å². The highest BCUT2D eigenvalue weighted by Gasteiger charge is 2.09. The topological polar surface area (TPSA) is 29.5 Å². The third-order valence-corrected chi connectivity index (χ3v) is 2.88. The minimum absolute atomic E-state index is 0.0385. The lowest BCUT2D eigenvalue weighted by Gasteiger charge is -2.09. The molecule has 0 unspecified atom stereocenters. The standard InChI is InChI=1S/C8H8Br2O2/c1-12-8-5(4-11)6(9)2-3-7(8)10/h2-3,11H,4H2,1H3. The molecule has 0 heterocycles. The summed E-state index contributed by atoms with van der Waals surface area (Å²) in [5.41, 5.74) is 0.756. The van der Waals surface area contributed by atoms with Crippen LogP contribution in [0.25, 0.3) is 0 Å². The van der Waals surface area contributed by atoms with Crippen LogP contribution in [0.1, 0.15) is 5.56 Å². The summed E-state index contributed by atoms with van der Waals surface area (Å²) in [6, 6.07) is 3.72. The molecule has 0 aliphatic heterocycles. The first-order chi connectivity index (χ1) is 5.70. The van der Waals surface area contributed by atoms with Crippen molar-refractivity contribution in [3.05, 3.63) is 26.6 Å². The second kappa shape index (κ2) is 4.25. The van der Waals surface area contributed by atoms with E-state index in [2.05, 4.69) is 31.9 Å². The summed E-state index contributed by atoms with van der Waals surface area (Å²) >= 11 is 6.65. The zero-order valence-electron chi connectivity index (χ0n) is 6.47. The van der Waals surface area contributed by atoms with Gasteiger partial charge in [0.15, 0.2) is 0 Å². The second-order valence-corrected chi connectivity index (χ2v) is 3.91. The maximum Gasteiger partial charge on any atom is 0.139 e. The minimum atomic E-state index is -0.0385. The fourth-order valence-corrected chi connectivity index (χ4v) is 1.91. The molecule has 0 aromatic heterocycles. The van der Waals surface area contributed by atoms with Crippen LogP contribution in [-0.2, 0) is 6.61 Å². The maximum absolute atomic E-state index is 9.02. The van der Waals surface area contributed by atoms with Crippen LogP contribution in [-0.4, -0.2) is 12.2 Å². The molecule has 1 aromatic carbocycles. The van der Waals surface area contributed by atoms with Crippen molar-refractivity contribution < 1.29 is 9.84 Å². The first-order valence-electron chi connectivity index (χ1n) is 3.32. The molecular formula is C8H8Br2O2. The van der Waals surface area contributed by atoms with Gasteiger partial charge in [0.2, 0.25) is 0 Å². The monoisotopic (exact) mass is 294 g/mol. The van der Waals surface area contributed by atoms with Crippen LogP contribution >= 0.6 is 31.9 Å². The van der Waals surface area contributed by atoms with E-state index in [0.717, 1.165) is 14.5 Å². The SMILES string of the molecule is COc1c(Br)ccc(Br)c1CO. The van der Waals surface area contributed by atoms with Gasteiger partial charge in [-0.15, -0.1) is 0 Å². The van der Waals surface area contributed by atoms with E-state index in [1.165, 1.54) is 0 Å². The Labute approximate surface area is 87.8 Å². The van der Waals surface area contributed by atoms with E-state index in [-0.39, 0.29) is 6.61 Å². The largest absolute Gasteiger partial charge is 0.495 e. The van der Waals surface area contributed by atoms with Crippen molar-refractivity contribution in [2.24, 2.45) is 0 Å². The highest BCUT2D eigenvalue weighted by Crippen LogP contribution is 2.33. The molecule has 0 fully saturated rings. The first kappa shape index (κ1) is 10.0. The maximum atomic E-state index is 9.02. The van der Waals surface area contributed by atoms with Crippen LogP contribution in [0.5, 0.6) is 5.75 Å². The molecule has 1 rings (SSSR count). The van der Waals surface area contributed by atoms with Crippen LogP contribution in [0.15, 0.2) is 21.1 Å². The molecule has 66 valence electrons. The zero-order chi connectivity index (χ0) is 9.14. The van der Waals surface area contributed by atoms with E-state index in [0.29, 0.717) is 5.75 Å². The van der Waals surface area contributed by atoms with Gasteiger partial charge in [0.25, 0.3) is 0 Å². The molecule has 0 aliphatic carbocycles. The molecule has 0 bridgehead atoms. The van der Waals surface area contributed by atoms with Gasteiger partial charge in [0.05, 0.1) is 18.2 Å². The van der Waals surface area contributed by atoms with Crippen LogP contribution < -0.4 is 4.74 Å². The normalized spacial score (nSPS) is 10.0. The molecule has 2 nitrogen and oxygen atoms in total. The summed E-state index contributed by atoms with van der Waals surface area (Å²) in [4.78, 5) is 0. The number of ether oxygens (including phenoxy) is 1. The molecule has 0 aliphatic rings. The summed E-state index contributed by atoms with van der Waals surface area (Å²) in [5, 5.41) is 9.02. The molecular weight excluding hydrogens is 288 g/mol. The Morgan fingerprint density at radius 3 is 2.33 bits per heavy atom. The molecule has 4 heteroatoms. The van der Waals surface area contributed by atoms with Gasteiger partial charge in [0.1, 0.15) is 5.75 Å². The molecule has 1 N–H and O–H groups in total. The number of hydrogen-bond donors (Lipinski definition) is 1. The average molecular weight is 296 g/mol. The number of aliphatic hydroxyl groups excluding tert-OH is 1. The van der Waals surface area contributed by atoms with Crippen molar-refractivity contribution in [1.82, 2.24) is 0 Å². The third-order valence-electron chi connectivity index (χ3n) is 1.52. The van der Waals surface area contributed by atoms with Gasteiger partial charge < -0.3 is 9.84 Å². The van der Waals surface area contributed by atoms with E-state index in [4.69, 9.17) is 9.84 Å². The minimum Gasteiger partial charge on any atom is -0.495 e. The summed E-state index contributed by atoms with van der Waals surface area (Å²) in [7, 11) is 1.58. The summed E-state index contributed by atoms with van der Waals surface area (Å²) in [6.45, 7) is -0.0385. The fourth-order valence-electron chi connectivity index (χ4n) is 0.943. The quantitative estimate of drug-likeness (QED) is 0.909. The number of benzene rings is 1. The lowest BCUT2D eigenvalue weighted by molar-refractivity contribution is 0.272. The summed E-state index contributed by atoms with van der Waals surface area (Å²) in [6.07, 6.45) is 0. The lowest BCUT2D eigenvalue weighted by Crippen LogP contribution is -1.93. The fraction of sp³-hybridized carbons (Fsp3) is 0.250. The number of methoxy groups -OCH3 is 1. The zero-order valence-corrected chi connectivity index (χ0v) is 9.65. The van der Waals surface area contributed by atoms with E-state index in [9.17, 15) is 0 Å². The van der Waals surface area contributed by atoms with Crippen molar-refractivity contribution in [2.45, 2.75) is 6.61 Å². The van der Waals surface area contributed by atoms with Crippen LogP contribution in [0.2, 0.25) is 0 Å². The van der Waals surface area contributed by atoms with Gasteiger partial charge in [-0.1, -0.05) is 15.9 Å². The van der Waals surface area contributed by atoms with E-state index in [1.54, 1.807) is 7.11 Å². The summed E-state index contributed by atoms with van der Waals surface area (Å²) in [5.74, 6) is 0.673. The Bertz CT molecular complexity index is 258. The van der Waals surface area contributed by atoms with E-state index in [1.807, 2.05) is 12.1 Å². The molecule has 0 saturated carbocycles. The number of aliphatic hydroxyl groups is 1. The summed E-state index contributed by atoms with van der Waals surface area (Å²) < 4.78 is 6.81. The molecule has 1 aromatic rings. The van der Waals surface area contributed by atoms with Crippen LogP contribution in [0.4, 0.5) is 0 Å².